The van der Waals surface area contributed by atoms with Crippen LogP contribution in [0.5, 0.6) is 0 Å². The van der Waals surface area contributed by atoms with Crippen LogP contribution in [0.1, 0.15) is 23.2 Å². The van der Waals surface area contributed by atoms with E-state index in [-0.39, 0.29) is 11.9 Å². The van der Waals surface area contributed by atoms with Crippen LogP contribution >= 0.6 is 23.2 Å². The standard InChI is InChI=1S/C14H18Cl2N2O/c1-17(2)9-11-4-3-7-18(11)14(19)10-5-6-12(15)13(16)8-10/h5-6,8,11H,3-4,7,9H2,1-2H3/t11-/m0/s1. The van der Waals surface area contributed by atoms with Gasteiger partial charge in [-0.05, 0) is 45.1 Å². The van der Waals surface area contributed by atoms with Crippen LogP contribution in [0, 0.1) is 0 Å². The summed E-state index contributed by atoms with van der Waals surface area (Å²) in [6, 6.07) is 5.35. The number of hydrogen-bond acceptors (Lipinski definition) is 2. The van der Waals surface area contributed by atoms with Crippen LogP contribution in [-0.2, 0) is 0 Å². The normalized spacial score (nSPS) is 19.2. The zero-order valence-electron chi connectivity index (χ0n) is 11.2. The fourth-order valence-electron chi connectivity index (χ4n) is 2.51. The van der Waals surface area contributed by atoms with Crippen LogP contribution in [-0.4, -0.2) is 48.9 Å². The van der Waals surface area contributed by atoms with E-state index in [1.54, 1.807) is 18.2 Å². The molecule has 0 bridgehead atoms. The molecule has 1 aromatic carbocycles. The van der Waals surface area contributed by atoms with Crippen molar-refractivity contribution in [2.45, 2.75) is 18.9 Å². The highest BCUT2D eigenvalue weighted by Gasteiger charge is 2.29. The number of nitrogens with zero attached hydrogens (tertiary/aromatic N) is 2. The predicted octanol–water partition coefficient (Wildman–Crippen LogP) is 3.16. The molecule has 0 saturated carbocycles. The largest absolute Gasteiger partial charge is 0.334 e. The van der Waals surface area contributed by atoms with Gasteiger partial charge in [0.2, 0.25) is 0 Å². The molecule has 1 aromatic rings. The van der Waals surface area contributed by atoms with Crippen LogP contribution in [0.4, 0.5) is 0 Å². The van der Waals surface area contributed by atoms with Gasteiger partial charge in [0, 0.05) is 24.7 Å². The Morgan fingerprint density at radius 1 is 1.37 bits per heavy atom. The van der Waals surface area contributed by atoms with Gasteiger partial charge in [0.1, 0.15) is 0 Å². The highest BCUT2D eigenvalue weighted by atomic mass is 35.5. The van der Waals surface area contributed by atoms with Crippen LogP contribution in [0.2, 0.25) is 10.0 Å². The smallest absolute Gasteiger partial charge is 0.254 e. The molecule has 0 aromatic heterocycles. The van der Waals surface area contributed by atoms with Crippen LogP contribution in [0.15, 0.2) is 18.2 Å². The minimum Gasteiger partial charge on any atom is -0.334 e. The molecule has 0 unspecified atom stereocenters. The molecule has 0 aliphatic carbocycles. The van der Waals surface area contributed by atoms with Crippen LogP contribution < -0.4 is 0 Å². The SMILES string of the molecule is CN(C)C[C@@H]1CCCN1C(=O)c1ccc(Cl)c(Cl)c1. The lowest BCUT2D eigenvalue weighted by atomic mass is 10.1. The summed E-state index contributed by atoms with van der Waals surface area (Å²) in [5, 5.41) is 0.903. The van der Waals surface area contributed by atoms with Gasteiger partial charge in [-0.25, -0.2) is 0 Å². The van der Waals surface area contributed by atoms with Crippen molar-refractivity contribution in [3.63, 3.8) is 0 Å². The van der Waals surface area contributed by atoms with Crippen molar-refractivity contribution < 1.29 is 4.79 Å². The van der Waals surface area contributed by atoms with Crippen molar-refractivity contribution in [1.29, 1.82) is 0 Å². The van der Waals surface area contributed by atoms with Gasteiger partial charge in [-0.2, -0.15) is 0 Å². The first-order valence-corrected chi connectivity index (χ1v) is 7.15. The molecule has 1 saturated heterocycles. The lowest BCUT2D eigenvalue weighted by Crippen LogP contribution is -2.41. The number of likely N-dealkylation sites (N-methyl/N-ethyl adjacent to an activating group) is 1. The second kappa shape index (κ2) is 6.12. The van der Waals surface area contributed by atoms with E-state index in [4.69, 9.17) is 23.2 Å². The van der Waals surface area contributed by atoms with E-state index in [2.05, 4.69) is 4.90 Å². The summed E-state index contributed by atoms with van der Waals surface area (Å²) in [7, 11) is 4.06. The molecule has 1 aliphatic heterocycles. The van der Waals surface area contributed by atoms with E-state index in [9.17, 15) is 4.79 Å². The molecular weight excluding hydrogens is 283 g/mol. The summed E-state index contributed by atoms with van der Waals surface area (Å²) >= 11 is 11.9. The highest BCUT2D eigenvalue weighted by Crippen LogP contribution is 2.25. The topological polar surface area (TPSA) is 23.6 Å². The van der Waals surface area contributed by atoms with Crippen LogP contribution in [0.25, 0.3) is 0 Å². The lowest BCUT2D eigenvalue weighted by molar-refractivity contribution is 0.0716. The maximum atomic E-state index is 12.5. The Morgan fingerprint density at radius 3 is 2.74 bits per heavy atom. The average molecular weight is 301 g/mol. The lowest BCUT2D eigenvalue weighted by Gasteiger charge is -2.27. The quantitative estimate of drug-likeness (QED) is 0.856. The molecule has 104 valence electrons. The zero-order valence-corrected chi connectivity index (χ0v) is 12.7. The van der Waals surface area contributed by atoms with Gasteiger partial charge in [-0.15, -0.1) is 0 Å². The molecular formula is C14H18Cl2N2O. The fraction of sp³-hybridized carbons (Fsp3) is 0.500. The van der Waals surface area contributed by atoms with Gasteiger partial charge < -0.3 is 9.80 Å². The number of hydrogen-bond donors (Lipinski definition) is 0. The summed E-state index contributed by atoms with van der Waals surface area (Å²) in [5.74, 6) is 0.0444. The average Bonchev–Trinajstić information content (AvgIpc) is 2.79. The zero-order chi connectivity index (χ0) is 14.0. The molecule has 0 spiro atoms. The molecule has 5 heteroatoms. The van der Waals surface area contributed by atoms with Gasteiger partial charge in [-0.3, -0.25) is 4.79 Å². The van der Waals surface area contributed by atoms with Crippen molar-refractivity contribution >= 4 is 29.1 Å². The summed E-state index contributed by atoms with van der Waals surface area (Å²) in [6.45, 7) is 1.71. The molecule has 1 amide bonds. The second-order valence-corrected chi connectivity index (χ2v) is 6.00. The van der Waals surface area contributed by atoms with Gasteiger partial charge in [0.25, 0.3) is 5.91 Å². The number of benzene rings is 1. The van der Waals surface area contributed by atoms with Crippen molar-refractivity contribution in [1.82, 2.24) is 9.80 Å². The third-order valence-electron chi connectivity index (χ3n) is 3.38. The molecule has 1 aliphatic rings. The molecule has 1 fully saturated rings. The van der Waals surface area contributed by atoms with Crippen molar-refractivity contribution in [3.05, 3.63) is 33.8 Å². The minimum atomic E-state index is 0.0444. The number of carbonyl (C=O) groups excluding carboxylic acids is 1. The Kier molecular flexibility index (Phi) is 4.71. The molecule has 3 nitrogen and oxygen atoms in total. The first-order valence-electron chi connectivity index (χ1n) is 6.40. The van der Waals surface area contributed by atoms with E-state index in [1.165, 1.54) is 0 Å². The summed E-state index contributed by atoms with van der Waals surface area (Å²) in [6.07, 6.45) is 2.12. The van der Waals surface area contributed by atoms with Gasteiger partial charge in [-0.1, -0.05) is 23.2 Å². The predicted molar refractivity (Wildman–Crippen MR) is 79.1 cm³/mol. The van der Waals surface area contributed by atoms with Crippen LogP contribution in [0.3, 0.4) is 0 Å². The van der Waals surface area contributed by atoms with E-state index in [0.29, 0.717) is 15.6 Å². The summed E-state index contributed by atoms with van der Waals surface area (Å²) in [4.78, 5) is 16.6. The Balaban J connectivity index is 2.16. The maximum Gasteiger partial charge on any atom is 0.254 e. The van der Waals surface area contributed by atoms with Crippen molar-refractivity contribution in [2.24, 2.45) is 0 Å². The summed E-state index contributed by atoms with van der Waals surface area (Å²) in [5.41, 5.74) is 0.611. The van der Waals surface area contributed by atoms with E-state index < -0.39 is 0 Å². The Morgan fingerprint density at radius 2 is 2.11 bits per heavy atom. The number of carbonyl (C=O) groups is 1. The molecule has 0 radical (unpaired) electrons. The molecule has 1 heterocycles. The summed E-state index contributed by atoms with van der Waals surface area (Å²) < 4.78 is 0. The monoisotopic (exact) mass is 300 g/mol. The molecule has 1 atom stereocenters. The second-order valence-electron chi connectivity index (χ2n) is 5.19. The Hall–Kier alpha value is -0.770. The highest BCUT2D eigenvalue weighted by molar-refractivity contribution is 6.42. The van der Waals surface area contributed by atoms with Gasteiger partial charge in [0.15, 0.2) is 0 Å². The van der Waals surface area contributed by atoms with E-state index >= 15 is 0 Å². The number of likely N-dealkylation sites (tertiary alicyclic amines) is 1. The number of rotatable bonds is 3. The number of halogens is 2. The Labute approximate surface area is 124 Å². The maximum absolute atomic E-state index is 12.5. The van der Waals surface area contributed by atoms with Crippen molar-refractivity contribution in [2.75, 3.05) is 27.2 Å². The molecule has 2 rings (SSSR count). The van der Waals surface area contributed by atoms with Gasteiger partial charge in [0.05, 0.1) is 10.0 Å². The third kappa shape index (κ3) is 3.41. The number of amides is 1. The first kappa shape index (κ1) is 14.6. The van der Waals surface area contributed by atoms with Crippen molar-refractivity contribution in [3.8, 4) is 0 Å². The third-order valence-corrected chi connectivity index (χ3v) is 4.12. The first-order chi connectivity index (χ1) is 8.99. The van der Waals surface area contributed by atoms with E-state index in [0.717, 1.165) is 25.9 Å². The molecule has 19 heavy (non-hydrogen) atoms. The van der Waals surface area contributed by atoms with E-state index in [1.807, 2.05) is 19.0 Å². The molecule has 0 N–H and O–H groups in total. The Bertz CT molecular complexity index is 477. The minimum absolute atomic E-state index is 0.0444. The van der Waals surface area contributed by atoms with Gasteiger partial charge >= 0.3 is 0 Å². The fourth-order valence-corrected chi connectivity index (χ4v) is 2.81.